The van der Waals surface area contributed by atoms with Gasteiger partial charge in [0.15, 0.2) is 5.69 Å². The molecule has 0 saturated heterocycles. The van der Waals surface area contributed by atoms with E-state index < -0.39 is 5.97 Å². The molecule has 0 aliphatic heterocycles. The van der Waals surface area contributed by atoms with Gasteiger partial charge >= 0.3 is 5.97 Å². The number of carboxylic acid groups (broad SMARTS) is 1. The fraction of sp³-hybridized carbons (Fsp3) is 0.208. The number of aromatic nitrogens is 5. The largest absolute Gasteiger partial charge is 0.481 e. The first-order valence-electron chi connectivity index (χ1n) is 10.5. The first kappa shape index (κ1) is 20.6. The van der Waals surface area contributed by atoms with Gasteiger partial charge in [-0.25, -0.2) is 9.97 Å². The zero-order chi connectivity index (χ0) is 22.9. The number of carbonyl (C=O) groups is 1. The monoisotopic (exact) mass is 443 g/mol. The van der Waals surface area contributed by atoms with E-state index in [0.717, 1.165) is 27.7 Å². The van der Waals surface area contributed by atoms with Crippen LogP contribution in [0, 0.1) is 0 Å². The van der Waals surface area contributed by atoms with E-state index in [1.165, 1.54) is 6.26 Å². The van der Waals surface area contributed by atoms with Crippen LogP contribution >= 0.6 is 0 Å². The van der Waals surface area contributed by atoms with Crippen LogP contribution in [0.3, 0.4) is 0 Å². The van der Waals surface area contributed by atoms with Crippen molar-refractivity contribution in [3.63, 3.8) is 0 Å². The van der Waals surface area contributed by atoms with Crippen LogP contribution in [0.25, 0.3) is 34.1 Å². The Balaban J connectivity index is 1.58. The first-order chi connectivity index (χ1) is 16.0. The number of benzene rings is 1. The molecule has 0 radical (unpaired) electrons. The fourth-order valence-electron chi connectivity index (χ4n) is 3.65. The van der Waals surface area contributed by atoms with Crippen molar-refractivity contribution in [1.29, 1.82) is 0 Å². The van der Waals surface area contributed by atoms with Crippen LogP contribution in [-0.2, 0) is 17.6 Å². The average Bonchev–Trinajstić information content (AvgIpc) is 3.54. The molecular weight excluding hydrogens is 422 g/mol. The van der Waals surface area contributed by atoms with Crippen LogP contribution in [0.15, 0.2) is 57.9 Å². The molecule has 9 nitrogen and oxygen atoms in total. The highest BCUT2D eigenvalue weighted by Gasteiger charge is 2.20. The zero-order valence-electron chi connectivity index (χ0n) is 18.1. The topological polar surface area (TPSA) is 131 Å². The number of nitrogens with one attached hydrogen (secondary N) is 1. The van der Waals surface area contributed by atoms with Crippen molar-refractivity contribution in [1.82, 2.24) is 25.1 Å². The van der Waals surface area contributed by atoms with Crippen LogP contribution in [0.1, 0.15) is 42.3 Å². The first-order valence-corrected chi connectivity index (χ1v) is 10.5. The Kier molecular flexibility index (Phi) is 5.21. The molecule has 5 rings (SSSR count). The van der Waals surface area contributed by atoms with Gasteiger partial charge < -0.3 is 18.9 Å². The molecule has 33 heavy (non-hydrogen) atoms. The second-order valence-corrected chi connectivity index (χ2v) is 8.09. The molecule has 0 aliphatic rings. The number of hydrogen-bond acceptors (Lipinski definition) is 7. The van der Waals surface area contributed by atoms with E-state index in [4.69, 9.17) is 13.9 Å². The van der Waals surface area contributed by atoms with Gasteiger partial charge in [0.2, 0.25) is 11.8 Å². The van der Waals surface area contributed by atoms with E-state index in [1.807, 2.05) is 44.3 Å². The number of carboxylic acids is 1. The van der Waals surface area contributed by atoms with Crippen LogP contribution in [-0.4, -0.2) is 36.2 Å². The van der Waals surface area contributed by atoms with Crippen molar-refractivity contribution < 1.29 is 18.7 Å². The molecule has 2 N–H and O–H groups in total. The quantitative estimate of drug-likeness (QED) is 0.373. The molecule has 4 aromatic heterocycles. The van der Waals surface area contributed by atoms with Gasteiger partial charge in [-0.15, -0.1) is 10.2 Å². The molecule has 0 amide bonds. The lowest BCUT2D eigenvalue weighted by atomic mass is 10.0. The molecular formula is C24H21N5O4. The number of fused-ring (bicyclic) bond motifs is 1. The predicted molar refractivity (Wildman–Crippen MR) is 120 cm³/mol. The summed E-state index contributed by atoms with van der Waals surface area (Å²) in [5.74, 6) is -0.159. The lowest BCUT2D eigenvalue weighted by molar-refractivity contribution is -0.136. The molecule has 5 aromatic rings. The van der Waals surface area contributed by atoms with Gasteiger partial charge in [0, 0.05) is 23.5 Å². The summed E-state index contributed by atoms with van der Waals surface area (Å²) in [6.45, 7) is 4.08. The Hall–Kier alpha value is -4.27. The lowest BCUT2D eigenvalue weighted by Crippen LogP contribution is -2.02. The minimum atomic E-state index is -0.986. The van der Waals surface area contributed by atoms with Crippen LogP contribution < -0.4 is 0 Å². The number of H-pyrrole nitrogens is 1. The van der Waals surface area contributed by atoms with Crippen molar-refractivity contribution in [2.45, 2.75) is 32.6 Å². The van der Waals surface area contributed by atoms with Crippen LogP contribution in [0.4, 0.5) is 0 Å². The van der Waals surface area contributed by atoms with Gasteiger partial charge in [-0.2, -0.15) is 0 Å². The number of hydrogen-bond donors (Lipinski definition) is 2. The standard InChI is InChI=1S/C24H21N5O4/c1-13(2)20-12-33-23(27-20)19-8-14(7-15-10-25-18-6-4-3-5-17(15)18)22(29-28-19)24-26-16(11-32-24)9-21(30)31/h3-6,8,10-13,25H,7,9H2,1-2H3,(H,30,31). The minimum absolute atomic E-state index is 0.218. The molecule has 0 spiro atoms. The van der Waals surface area contributed by atoms with Gasteiger partial charge in [0.1, 0.15) is 18.2 Å². The zero-order valence-corrected chi connectivity index (χ0v) is 18.1. The number of para-hydroxylation sites is 1. The average molecular weight is 443 g/mol. The SMILES string of the molecule is CC(C)c1coc(-c2cc(Cc3c[nH]c4ccccc34)c(-c3nc(CC(=O)O)co3)nn2)n1. The Morgan fingerprint density at radius 2 is 1.88 bits per heavy atom. The number of aromatic amines is 1. The lowest BCUT2D eigenvalue weighted by Gasteiger charge is -2.07. The second kappa shape index (κ2) is 8.34. The highest BCUT2D eigenvalue weighted by molar-refractivity contribution is 5.83. The normalized spacial score (nSPS) is 11.5. The molecule has 0 bridgehead atoms. The van der Waals surface area contributed by atoms with E-state index in [2.05, 4.69) is 31.2 Å². The van der Waals surface area contributed by atoms with Gasteiger partial charge in [0.25, 0.3) is 0 Å². The maximum Gasteiger partial charge on any atom is 0.309 e. The summed E-state index contributed by atoms with van der Waals surface area (Å²) in [6, 6.07) is 9.90. The molecule has 4 heterocycles. The summed E-state index contributed by atoms with van der Waals surface area (Å²) in [5, 5.41) is 18.8. The number of rotatable bonds is 7. The van der Waals surface area contributed by atoms with Gasteiger partial charge in [-0.1, -0.05) is 32.0 Å². The third kappa shape index (κ3) is 4.12. The molecule has 166 valence electrons. The van der Waals surface area contributed by atoms with E-state index >= 15 is 0 Å². The van der Waals surface area contributed by atoms with Crippen molar-refractivity contribution in [3.05, 3.63) is 71.6 Å². The Morgan fingerprint density at radius 1 is 1.06 bits per heavy atom. The number of oxazole rings is 2. The Morgan fingerprint density at radius 3 is 2.67 bits per heavy atom. The van der Waals surface area contributed by atoms with Crippen molar-refractivity contribution in [2.24, 2.45) is 0 Å². The summed E-state index contributed by atoms with van der Waals surface area (Å²) in [6.07, 6.45) is 5.21. The minimum Gasteiger partial charge on any atom is -0.481 e. The highest BCUT2D eigenvalue weighted by atomic mass is 16.4. The third-order valence-electron chi connectivity index (χ3n) is 5.35. The summed E-state index contributed by atoms with van der Waals surface area (Å²) >= 11 is 0. The van der Waals surface area contributed by atoms with E-state index in [-0.39, 0.29) is 18.2 Å². The molecule has 1 aromatic carbocycles. The maximum absolute atomic E-state index is 11.0. The Bertz CT molecular complexity index is 1450. The fourth-order valence-corrected chi connectivity index (χ4v) is 3.65. The van der Waals surface area contributed by atoms with Crippen LogP contribution in [0.5, 0.6) is 0 Å². The van der Waals surface area contributed by atoms with Gasteiger partial charge in [0.05, 0.1) is 17.8 Å². The van der Waals surface area contributed by atoms with E-state index in [9.17, 15) is 4.79 Å². The molecule has 9 heteroatoms. The Labute approximate surface area is 188 Å². The molecule has 0 unspecified atom stereocenters. The van der Waals surface area contributed by atoms with Crippen molar-refractivity contribution >= 4 is 16.9 Å². The smallest absolute Gasteiger partial charge is 0.309 e. The molecule has 0 aliphatic carbocycles. The van der Waals surface area contributed by atoms with Crippen molar-refractivity contribution in [3.8, 4) is 23.2 Å². The van der Waals surface area contributed by atoms with Crippen molar-refractivity contribution in [2.75, 3.05) is 0 Å². The van der Waals surface area contributed by atoms with E-state index in [1.54, 1.807) is 6.26 Å². The number of aliphatic carboxylic acids is 1. The summed E-state index contributed by atoms with van der Waals surface area (Å²) in [4.78, 5) is 23.2. The molecule has 0 saturated carbocycles. The molecule has 0 fully saturated rings. The summed E-state index contributed by atoms with van der Waals surface area (Å²) in [7, 11) is 0. The van der Waals surface area contributed by atoms with Crippen LogP contribution in [0.2, 0.25) is 0 Å². The third-order valence-corrected chi connectivity index (χ3v) is 5.35. The number of nitrogens with zero attached hydrogens (tertiary/aromatic N) is 4. The second-order valence-electron chi connectivity index (χ2n) is 8.09. The molecule has 0 atom stereocenters. The van der Waals surface area contributed by atoms with E-state index in [0.29, 0.717) is 29.4 Å². The van der Waals surface area contributed by atoms with Gasteiger partial charge in [-0.05, 0) is 29.2 Å². The predicted octanol–water partition coefficient (Wildman–Crippen LogP) is 4.61. The highest BCUT2D eigenvalue weighted by Crippen LogP contribution is 2.29. The summed E-state index contributed by atoms with van der Waals surface area (Å²) in [5.41, 5.74) is 4.99. The van der Waals surface area contributed by atoms with Gasteiger partial charge in [-0.3, -0.25) is 4.79 Å². The summed E-state index contributed by atoms with van der Waals surface area (Å²) < 4.78 is 11.2. The maximum atomic E-state index is 11.0.